The van der Waals surface area contributed by atoms with Crippen LogP contribution in [0.3, 0.4) is 0 Å². The minimum atomic E-state index is -0.302. The fraction of sp³-hybridized carbons (Fsp3) is 0.625. The Bertz CT molecular complexity index is 351. The van der Waals surface area contributed by atoms with Crippen molar-refractivity contribution in [3.63, 3.8) is 0 Å². The maximum absolute atomic E-state index is 10.8. The average Bonchev–Trinajstić information content (AvgIpc) is 2.55. The van der Waals surface area contributed by atoms with E-state index in [1.54, 1.807) is 6.92 Å². The molecule has 0 bridgehead atoms. The molecule has 0 aliphatic heterocycles. The second-order valence-corrected chi connectivity index (χ2v) is 4.26. The number of nitrogens with two attached hydrogens (primary N) is 2. The van der Waals surface area contributed by atoms with Crippen LogP contribution in [0.2, 0.25) is 0 Å². The summed E-state index contributed by atoms with van der Waals surface area (Å²) < 4.78 is 1.82. The van der Waals surface area contributed by atoms with Crippen LogP contribution in [-0.2, 0) is 18.4 Å². The fourth-order valence-corrected chi connectivity index (χ4v) is 1.89. The average molecular weight is 229 g/mol. The quantitative estimate of drug-likeness (QED) is 0.662. The number of primary amides is 1. The number of rotatable bonds is 5. The van der Waals surface area contributed by atoms with Crippen molar-refractivity contribution in [1.82, 2.24) is 14.8 Å². The van der Waals surface area contributed by atoms with Crippen LogP contribution in [0.25, 0.3) is 0 Å². The Morgan fingerprint density at radius 1 is 1.60 bits per heavy atom. The molecule has 7 heteroatoms. The molecule has 0 saturated heterocycles. The monoisotopic (exact) mass is 229 g/mol. The predicted octanol–water partition coefficient (Wildman–Crippen LogP) is -0.513. The molecule has 0 saturated carbocycles. The first kappa shape index (κ1) is 12.0. The Balaban J connectivity index is 2.58. The lowest BCUT2D eigenvalue weighted by atomic mass is 10.2. The molecule has 1 amide bonds. The van der Waals surface area contributed by atoms with Crippen molar-refractivity contribution in [2.75, 3.05) is 5.75 Å². The Morgan fingerprint density at radius 2 is 2.27 bits per heavy atom. The molecule has 1 unspecified atom stereocenters. The zero-order valence-electron chi connectivity index (χ0n) is 8.80. The maximum Gasteiger partial charge on any atom is 0.221 e. The van der Waals surface area contributed by atoms with E-state index in [0.29, 0.717) is 12.3 Å². The summed E-state index contributed by atoms with van der Waals surface area (Å²) in [6.45, 7) is 2.14. The van der Waals surface area contributed by atoms with Gasteiger partial charge in [0, 0.05) is 18.7 Å². The maximum atomic E-state index is 10.8. The van der Waals surface area contributed by atoms with Crippen molar-refractivity contribution in [2.24, 2.45) is 24.4 Å². The lowest BCUT2D eigenvalue weighted by molar-refractivity contribution is -0.120. The van der Waals surface area contributed by atoms with Gasteiger partial charge in [0.25, 0.3) is 0 Å². The van der Waals surface area contributed by atoms with Crippen molar-refractivity contribution in [3.8, 4) is 0 Å². The molecule has 0 radical (unpaired) electrons. The van der Waals surface area contributed by atoms with Gasteiger partial charge in [-0.15, -0.1) is 10.2 Å². The molecule has 1 heterocycles. The van der Waals surface area contributed by atoms with Crippen LogP contribution < -0.4 is 11.5 Å². The van der Waals surface area contributed by atoms with Gasteiger partial charge in [0.1, 0.15) is 5.82 Å². The number of carbonyl (C=O) groups is 1. The van der Waals surface area contributed by atoms with E-state index >= 15 is 0 Å². The lowest BCUT2D eigenvalue weighted by Gasteiger charge is -2.06. The van der Waals surface area contributed by atoms with Crippen LogP contribution in [0.15, 0.2) is 5.16 Å². The smallest absolute Gasteiger partial charge is 0.221 e. The second kappa shape index (κ2) is 5.13. The molecule has 1 atom stereocenters. The molecule has 15 heavy (non-hydrogen) atoms. The minimum Gasteiger partial charge on any atom is -0.369 e. The summed E-state index contributed by atoms with van der Waals surface area (Å²) in [5.74, 6) is 0.854. The summed E-state index contributed by atoms with van der Waals surface area (Å²) in [6.07, 6.45) is 0. The van der Waals surface area contributed by atoms with Crippen molar-refractivity contribution >= 4 is 17.7 Å². The molecular weight excluding hydrogens is 214 g/mol. The Morgan fingerprint density at radius 3 is 2.73 bits per heavy atom. The van der Waals surface area contributed by atoms with Crippen molar-refractivity contribution in [1.29, 1.82) is 0 Å². The van der Waals surface area contributed by atoms with Crippen LogP contribution in [0.4, 0.5) is 0 Å². The normalized spacial score (nSPS) is 12.7. The highest BCUT2D eigenvalue weighted by molar-refractivity contribution is 7.99. The van der Waals surface area contributed by atoms with Crippen LogP contribution >= 0.6 is 11.8 Å². The highest BCUT2D eigenvalue weighted by atomic mass is 32.2. The van der Waals surface area contributed by atoms with Gasteiger partial charge in [-0.05, 0) is 0 Å². The van der Waals surface area contributed by atoms with Crippen LogP contribution in [0.1, 0.15) is 12.7 Å². The third kappa shape index (κ3) is 2.93. The van der Waals surface area contributed by atoms with Crippen molar-refractivity contribution in [2.45, 2.75) is 18.6 Å². The Labute approximate surface area is 92.4 Å². The predicted molar refractivity (Wildman–Crippen MR) is 58.0 cm³/mol. The number of carbonyl (C=O) groups excluding carboxylic acids is 1. The van der Waals surface area contributed by atoms with Gasteiger partial charge in [0.15, 0.2) is 5.16 Å². The van der Waals surface area contributed by atoms with E-state index in [2.05, 4.69) is 10.2 Å². The van der Waals surface area contributed by atoms with E-state index in [-0.39, 0.29) is 11.8 Å². The van der Waals surface area contributed by atoms with E-state index in [0.717, 1.165) is 11.0 Å². The fourth-order valence-electron chi connectivity index (χ4n) is 0.930. The van der Waals surface area contributed by atoms with E-state index in [4.69, 9.17) is 11.5 Å². The van der Waals surface area contributed by atoms with E-state index < -0.39 is 0 Å². The zero-order valence-corrected chi connectivity index (χ0v) is 9.62. The minimum absolute atomic E-state index is 0.173. The standard InChI is InChI=1S/C8H15N5OS/c1-5(7(10)14)4-15-8-12-11-6(3-9)13(8)2/h5H,3-4,9H2,1-2H3,(H2,10,14). The molecule has 1 aromatic rings. The summed E-state index contributed by atoms with van der Waals surface area (Å²) in [5, 5.41) is 8.62. The third-order valence-corrected chi connectivity index (χ3v) is 3.34. The van der Waals surface area contributed by atoms with E-state index in [1.807, 2.05) is 11.6 Å². The topological polar surface area (TPSA) is 99.8 Å². The molecule has 1 aromatic heterocycles. The molecule has 6 nitrogen and oxygen atoms in total. The van der Waals surface area contributed by atoms with Crippen molar-refractivity contribution in [3.05, 3.63) is 5.82 Å². The van der Waals surface area contributed by atoms with Crippen LogP contribution in [0.5, 0.6) is 0 Å². The Hall–Kier alpha value is -1.08. The van der Waals surface area contributed by atoms with Gasteiger partial charge in [-0.2, -0.15) is 0 Å². The summed E-state index contributed by atoms with van der Waals surface area (Å²) in [6, 6.07) is 0. The number of aromatic nitrogens is 3. The summed E-state index contributed by atoms with van der Waals surface area (Å²) in [7, 11) is 1.85. The first-order valence-electron chi connectivity index (χ1n) is 4.56. The largest absolute Gasteiger partial charge is 0.369 e. The summed E-state index contributed by atoms with van der Waals surface area (Å²) in [4.78, 5) is 10.8. The van der Waals surface area contributed by atoms with Gasteiger partial charge in [-0.1, -0.05) is 18.7 Å². The van der Waals surface area contributed by atoms with Gasteiger partial charge in [0.2, 0.25) is 5.91 Å². The van der Waals surface area contributed by atoms with Gasteiger partial charge >= 0.3 is 0 Å². The third-order valence-electron chi connectivity index (χ3n) is 2.06. The number of amides is 1. The number of hydrogen-bond acceptors (Lipinski definition) is 5. The van der Waals surface area contributed by atoms with Crippen molar-refractivity contribution < 1.29 is 4.79 Å². The van der Waals surface area contributed by atoms with Gasteiger partial charge < -0.3 is 16.0 Å². The molecule has 0 aromatic carbocycles. The van der Waals surface area contributed by atoms with Gasteiger partial charge in [-0.3, -0.25) is 4.79 Å². The van der Waals surface area contributed by atoms with Gasteiger partial charge in [-0.25, -0.2) is 0 Å². The van der Waals surface area contributed by atoms with Crippen LogP contribution in [-0.4, -0.2) is 26.4 Å². The van der Waals surface area contributed by atoms with Crippen LogP contribution in [0, 0.1) is 5.92 Å². The highest BCUT2D eigenvalue weighted by Crippen LogP contribution is 2.18. The summed E-state index contributed by atoms with van der Waals surface area (Å²) in [5.41, 5.74) is 10.6. The second-order valence-electron chi connectivity index (χ2n) is 3.28. The number of hydrogen-bond donors (Lipinski definition) is 2. The molecule has 4 N–H and O–H groups in total. The molecule has 0 aliphatic rings. The molecule has 0 aliphatic carbocycles. The number of nitrogens with zero attached hydrogens (tertiary/aromatic N) is 3. The van der Waals surface area contributed by atoms with E-state index in [1.165, 1.54) is 11.8 Å². The number of thioether (sulfide) groups is 1. The highest BCUT2D eigenvalue weighted by Gasteiger charge is 2.12. The first-order chi connectivity index (χ1) is 7.06. The van der Waals surface area contributed by atoms with Gasteiger partial charge in [0.05, 0.1) is 6.54 Å². The molecular formula is C8H15N5OS. The van der Waals surface area contributed by atoms with E-state index in [9.17, 15) is 4.79 Å². The SMILES string of the molecule is CC(CSc1nnc(CN)n1C)C(N)=O. The lowest BCUT2D eigenvalue weighted by Crippen LogP contribution is -2.22. The zero-order chi connectivity index (χ0) is 11.4. The first-order valence-corrected chi connectivity index (χ1v) is 5.55. The molecule has 84 valence electrons. The molecule has 0 fully saturated rings. The Kier molecular flexibility index (Phi) is 4.10. The molecule has 0 spiro atoms. The molecule has 1 rings (SSSR count). The summed E-state index contributed by atoms with van der Waals surface area (Å²) >= 11 is 1.45.